The Morgan fingerprint density at radius 1 is 1.03 bits per heavy atom. The van der Waals surface area contributed by atoms with Crippen molar-refractivity contribution in [1.82, 2.24) is 9.80 Å². The van der Waals surface area contributed by atoms with Crippen LogP contribution in [0, 0.1) is 5.41 Å². The summed E-state index contributed by atoms with van der Waals surface area (Å²) in [4.78, 5) is 16.3. The summed E-state index contributed by atoms with van der Waals surface area (Å²) >= 11 is 0. The highest BCUT2D eigenvalue weighted by molar-refractivity contribution is 5.88. The number of piperidine rings is 1. The van der Waals surface area contributed by atoms with Crippen LogP contribution in [-0.4, -0.2) is 60.0 Å². The number of para-hydroxylation sites is 1. The molecule has 31 heavy (non-hydrogen) atoms. The fraction of sp³-hybridized carbons (Fsp3) is 0.696. The quantitative estimate of drug-likeness (QED) is 0.639. The Morgan fingerprint density at radius 2 is 1.71 bits per heavy atom. The van der Waals surface area contributed by atoms with Crippen LogP contribution >= 0.6 is 0 Å². The first-order chi connectivity index (χ1) is 14.7. The summed E-state index contributed by atoms with van der Waals surface area (Å²) in [6, 6.07) is 6.91. The van der Waals surface area contributed by atoms with Crippen molar-refractivity contribution in [3.63, 3.8) is 0 Å². The molecule has 2 saturated heterocycles. The first-order valence-corrected chi connectivity index (χ1v) is 11.2. The number of hydrogen-bond donors (Lipinski definition) is 0. The summed E-state index contributed by atoms with van der Waals surface area (Å²) in [7, 11) is 0. The van der Waals surface area contributed by atoms with Gasteiger partial charge in [0, 0.05) is 24.5 Å². The van der Waals surface area contributed by atoms with Gasteiger partial charge in [0.2, 0.25) is 0 Å². The highest BCUT2D eigenvalue weighted by atomic mass is 19.4. The maximum Gasteiger partial charge on any atom is 0.573 e. The van der Waals surface area contributed by atoms with Gasteiger partial charge in [0.1, 0.15) is 5.75 Å². The van der Waals surface area contributed by atoms with E-state index in [1.165, 1.54) is 6.07 Å². The van der Waals surface area contributed by atoms with Crippen molar-refractivity contribution in [2.75, 3.05) is 26.2 Å². The van der Waals surface area contributed by atoms with E-state index in [-0.39, 0.29) is 23.0 Å². The number of rotatable bonds is 4. The van der Waals surface area contributed by atoms with Gasteiger partial charge in [-0.25, -0.2) is 4.39 Å². The number of halogens is 4. The van der Waals surface area contributed by atoms with E-state index in [1.807, 2.05) is 0 Å². The van der Waals surface area contributed by atoms with Crippen molar-refractivity contribution >= 4 is 5.91 Å². The van der Waals surface area contributed by atoms with Gasteiger partial charge in [-0.2, -0.15) is 0 Å². The van der Waals surface area contributed by atoms with Crippen molar-refractivity contribution < 1.29 is 27.1 Å². The van der Waals surface area contributed by atoms with Gasteiger partial charge in [-0.05, 0) is 75.6 Å². The lowest BCUT2D eigenvalue weighted by Crippen LogP contribution is -2.60. The van der Waals surface area contributed by atoms with E-state index in [9.17, 15) is 22.4 Å². The van der Waals surface area contributed by atoms with E-state index in [4.69, 9.17) is 0 Å². The molecule has 1 amide bonds. The molecule has 1 atom stereocenters. The molecule has 0 aromatic heterocycles. The molecule has 0 N–H and O–H groups in total. The van der Waals surface area contributed by atoms with E-state index in [0.717, 1.165) is 45.2 Å². The van der Waals surface area contributed by atoms with Crippen molar-refractivity contribution in [2.24, 2.45) is 5.41 Å². The Labute approximate surface area is 179 Å². The minimum atomic E-state index is -4.69. The summed E-state index contributed by atoms with van der Waals surface area (Å²) < 4.78 is 56.5. The lowest BCUT2D eigenvalue weighted by Gasteiger charge is -2.49. The Bertz CT molecular complexity index is 840. The number of nitrogens with zero attached hydrogens (tertiary/aromatic N) is 2. The third kappa shape index (κ3) is 4.15. The number of carbonyl (C=O) groups is 1. The van der Waals surface area contributed by atoms with Crippen LogP contribution in [-0.2, 0) is 4.79 Å². The summed E-state index contributed by atoms with van der Waals surface area (Å²) in [6.07, 6.45) is 0.800. The van der Waals surface area contributed by atoms with Crippen molar-refractivity contribution in [3.05, 3.63) is 29.8 Å². The maximum atomic E-state index is 14.0. The third-order valence-corrected chi connectivity index (χ3v) is 7.72. The van der Waals surface area contributed by atoms with E-state index < -0.39 is 12.0 Å². The molecule has 2 aliphatic heterocycles. The smallest absolute Gasteiger partial charge is 0.405 e. The average Bonchev–Trinajstić information content (AvgIpc) is 3.30. The number of alkyl halides is 4. The zero-order valence-corrected chi connectivity index (χ0v) is 17.5. The number of amides is 1. The lowest BCUT2D eigenvalue weighted by atomic mass is 9.77. The van der Waals surface area contributed by atoms with Gasteiger partial charge in [0.05, 0.1) is 0 Å². The topological polar surface area (TPSA) is 32.8 Å². The summed E-state index contributed by atoms with van der Waals surface area (Å²) in [5.74, 6) is -0.350. The summed E-state index contributed by atoms with van der Waals surface area (Å²) in [6.45, 7) is 3.04. The molecule has 0 bridgehead atoms. The zero-order valence-electron chi connectivity index (χ0n) is 17.5. The van der Waals surface area contributed by atoms with Crippen LogP contribution in [0.3, 0.4) is 0 Å². The van der Waals surface area contributed by atoms with Crippen LogP contribution in [0.1, 0.15) is 56.4 Å². The molecule has 4 nitrogen and oxygen atoms in total. The minimum Gasteiger partial charge on any atom is -0.405 e. The number of likely N-dealkylation sites (tertiary alicyclic amines) is 2. The normalized spacial score (nSPS) is 27.9. The van der Waals surface area contributed by atoms with Crippen LogP contribution in [0.4, 0.5) is 17.6 Å². The van der Waals surface area contributed by atoms with Gasteiger partial charge in [0.15, 0.2) is 5.67 Å². The lowest BCUT2D eigenvalue weighted by molar-refractivity contribution is -0.275. The number of ether oxygens (including phenoxy) is 1. The van der Waals surface area contributed by atoms with Gasteiger partial charge in [-0.15, -0.1) is 13.2 Å². The van der Waals surface area contributed by atoms with Gasteiger partial charge < -0.3 is 14.5 Å². The third-order valence-electron chi connectivity index (χ3n) is 7.72. The van der Waals surface area contributed by atoms with E-state index in [1.54, 1.807) is 23.1 Å². The molecule has 0 radical (unpaired) electrons. The molecule has 0 unspecified atom stereocenters. The molecular formula is C23H28F4N2O2. The number of hydrogen-bond acceptors (Lipinski definition) is 3. The maximum absolute atomic E-state index is 14.0. The Morgan fingerprint density at radius 3 is 2.35 bits per heavy atom. The molecule has 1 spiro atoms. The molecule has 8 heteroatoms. The van der Waals surface area contributed by atoms with E-state index in [0.29, 0.717) is 37.5 Å². The highest BCUT2D eigenvalue weighted by Crippen LogP contribution is 2.51. The SMILES string of the molecule is O=C(N1CC2(CC[C@H](N3CCC(c4ccccc4OC(F)(F)F)CC3)C2)C1)C1(F)CC1. The van der Waals surface area contributed by atoms with Crippen molar-refractivity contribution in [2.45, 2.75) is 68.9 Å². The second-order valence-corrected chi connectivity index (χ2v) is 9.92. The van der Waals surface area contributed by atoms with Gasteiger partial charge >= 0.3 is 6.36 Å². The Hall–Kier alpha value is -1.83. The molecular weight excluding hydrogens is 412 g/mol. The second-order valence-electron chi connectivity index (χ2n) is 9.92. The highest BCUT2D eigenvalue weighted by Gasteiger charge is 2.58. The Balaban J connectivity index is 1.14. The van der Waals surface area contributed by atoms with Crippen LogP contribution in [0.5, 0.6) is 5.75 Å². The molecule has 4 aliphatic rings. The first-order valence-electron chi connectivity index (χ1n) is 11.2. The molecule has 170 valence electrons. The van der Waals surface area contributed by atoms with Crippen molar-refractivity contribution in [1.29, 1.82) is 0 Å². The number of benzene rings is 1. The predicted molar refractivity (Wildman–Crippen MR) is 106 cm³/mol. The van der Waals surface area contributed by atoms with Crippen LogP contribution in [0.15, 0.2) is 24.3 Å². The molecule has 2 aliphatic carbocycles. The minimum absolute atomic E-state index is 0.0567. The Kier molecular flexibility index (Phi) is 4.99. The van der Waals surface area contributed by atoms with Gasteiger partial charge in [-0.1, -0.05) is 18.2 Å². The fourth-order valence-corrected chi connectivity index (χ4v) is 5.90. The molecule has 1 aromatic carbocycles. The van der Waals surface area contributed by atoms with Crippen LogP contribution < -0.4 is 4.74 Å². The predicted octanol–water partition coefficient (Wildman–Crippen LogP) is 4.65. The van der Waals surface area contributed by atoms with E-state index >= 15 is 0 Å². The number of carbonyl (C=O) groups excluding carboxylic acids is 1. The van der Waals surface area contributed by atoms with Gasteiger partial charge in [0.25, 0.3) is 5.91 Å². The van der Waals surface area contributed by atoms with E-state index in [2.05, 4.69) is 9.64 Å². The second kappa shape index (κ2) is 7.36. The monoisotopic (exact) mass is 440 g/mol. The summed E-state index contributed by atoms with van der Waals surface area (Å²) in [5, 5.41) is 0. The van der Waals surface area contributed by atoms with Gasteiger partial charge in [-0.3, -0.25) is 4.79 Å². The average molecular weight is 440 g/mol. The van der Waals surface area contributed by atoms with Crippen LogP contribution in [0.25, 0.3) is 0 Å². The molecule has 4 fully saturated rings. The van der Waals surface area contributed by atoms with Crippen molar-refractivity contribution in [3.8, 4) is 5.75 Å². The largest absolute Gasteiger partial charge is 0.573 e. The summed E-state index contributed by atoms with van der Waals surface area (Å²) in [5.41, 5.74) is -0.806. The molecule has 5 rings (SSSR count). The van der Waals surface area contributed by atoms with Crippen LogP contribution in [0.2, 0.25) is 0 Å². The standard InChI is InChI=1S/C23H28F4N2O2/c24-22(9-10-22)20(30)29-14-21(15-29)8-5-17(13-21)28-11-6-16(7-12-28)18-3-1-2-4-19(18)31-23(25,26)27/h1-4,16-17H,5-15H2/t17-/m0/s1. The first kappa shape index (κ1) is 21.0. The molecule has 2 heterocycles. The fourth-order valence-electron chi connectivity index (χ4n) is 5.90. The zero-order chi connectivity index (χ0) is 21.9. The molecule has 2 saturated carbocycles. The molecule has 1 aromatic rings.